The molecule has 0 spiro atoms. The number of carbonyl (C=O) groups excluding carboxylic acids is 1. The van der Waals surface area contributed by atoms with Crippen LogP contribution in [0.3, 0.4) is 0 Å². The predicted octanol–water partition coefficient (Wildman–Crippen LogP) is 1.60. The Bertz CT molecular complexity index is 1280. The van der Waals surface area contributed by atoms with E-state index in [9.17, 15) is 22.8 Å². The predicted molar refractivity (Wildman–Crippen MR) is 126 cm³/mol. The molecular weight excluding hydrogens is 495 g/mol. The lowest BCUT2D eigenvalue weighted by Gasteiger charge is -2.37. The maximum atomic E-state index is 14.4. The summed E-state index contributed by atoms with van der Waals surface area (Å²) in [5.74, 6) is -5.07. The fourth-order valence-electron chi connectivity index (χ4n) is 3.95. The van der Waals surface area contributed by atoms with Crippen LogP contribution in [0.5, 0.6) is 0 Å². The lowest BCUT2D eigenvalue weighted by molar-refractivity contribution is -0.129. The van der Waals surface area contributed by atoms with Gasteiger partial charge in [-0.2, -0.15) is 5.10 Å². The van der Waals surface area contributed by atoms with E-state index in [1.165, 1.54) is 35.3 Å². The van der Waals surface area contributed by atoms with Crippen LogP contribution in [0.4, 0.5) is 23.9 Å². The molecule has 1 unspecified atom stereocenters. The molecule has 2 amide bonds. The summed E-state index contributed by atoms with van der Waals surface area (Å²) in [4.78, 5) is 39.0. The lowest BCUT2D eigenvalue weighted by Crippen LogP contribution is -2.52. The number of carbonyl (C=O) groups is 2. The third-order valence-corrected chi connectivity index (χ3v) is 5.75. The number of hydrogen-bond donors (Lipinski definition) is 3. The number of aliphatic imine (C=N–C) groups is 1. The average molecular weight is 517 g/mol. The molecule has 3 heterocycles. The number of hydrogen-bond acceptors (Lipinski definition) is 7. The highest BCUT2D eigenvalue weighted by Gasteiger charge is 2.34. The summed E-state index contributed by atoms with van der Waals surface area (Å²) in [7, 11) is 1.38. The molecule has 2 aliphatic rings. The number of anilines is 1. The number of urea groups is 1. The molecule has 4 rings (SSSR count). The van der Waals surface area contributed by atoms with Gasteiger partial charge in [0.25, 0.3) is 0 Å². The third kappa shape index (κ3) is 5.49. The molecule has 3 N–H and O–H groups in total. The summed E-state index contributed by atoms with van der Waals surface area (Å²) < 4.78 is 41.8. The Morgan fingerprint density at radius 3 is 2.43 bits per heavy atom. The number of amidine groups is 2. The van der Waals surface area contributed by atoms with Gasteiger partial charge in [-0.3, -0.25) is 5.41 Å². The molecule has 0 bridgehead atoms. The van der Waals surface area contributed by atoms with Gasteiger partial charge in [-0.05, 0) is 17.7 Å². The monoisotopic (exact) mass is 517 g/mol. The van der Waals surface area contributed by atoms with E-state index in [0.29, 0.717) is 12.0 Å². The Hall–Kier alpha value is -4.56. The molecule has 15 heteroatoms. The second-order valence-electron chi connectivity index (χ2n) is 8.08. The number of halogens is 3. The normalized spacial score (nSPS) is 17.8. The highest BCUT2D eigenvalue weighted by molar-refractivity contribution is 6.35. The van der Waals surface area contributed by atoms with Crippen LogP contribution in [0.2, 0.25) is 0 Å². The molecular formula is C22H22F3N9O3. The number of benzene rings is 1. The molecule has 37 heavy (non-hydrogen) atoms. The van der Waals surface area contributed by atoms with Crippen molar-refractivity contribution in [3.05, 3.63) is 53.1 Å². The zero-order chi connectivity index (χ0) is 26.7. The Kier molecular flexibility index (Phi) is 7.31. The van der Waals surface area contributed by atoms with Crippen molar-refractivity contribution < 1.29 is 27.9 Å². The van der Waals surface area contributed by atoms with Crippen LogP contribution in [0.15, 0.2) is 34.5 Å². The van der Waals surface area contributed by atoms with Crippen LogP contribution < -0.4 is 10.2 Å². The SMILES string of the molecule is CN/C(=N\C(=N)C(=O)O)c1nc(N2CCN(C(=O)N3N=CCC3c3cc(F)cc(F)c3)CC2)ncc1F. The minimum atomic E-state index is -1.59. The van der Waals surface area contributed by atoms with E-state index in [-0.39, 0.29) is 43.7 Å². The molecule has 12 nitrogen and oxygen atoms in total. The first-order valence-corrected chi connectivity index (χ1v) is 11.1. The summed E-state index contributed by atoms with van der Waals surface area (Å²) in [5, 5.41) is 24.1. The fourth-order valence-corrected chi connectivity index (χ4v) is 3.95. The largest absolute Gasteiger partial charge is 0.475 e. The van der Waals surface area contributed by atoms with Gasteiger partial charge in [0, 0.05) is 51.9 Å². The first kappa shape index (κ1) is 25.5. The number of piperazine rings is 1. The number of aliphatic carboxylic acids is 1. The molecule has 1 aromatic heterocycles. The first-order chi connectivity index (χ1) is 17.7. The summed E-state index contributed by atoms with van der Waals surface area (Å²) >= 11 is 0. The molecule has 2 aliphatic heterocycles. The van der Waals surface area contributed by atoms with Gasteiger partial charge in [-0.15, -0.1) is 0 Å². The zero-order valence-corrected chi connectivity index (χ0v) is 19.5. The van der Waals surface area contributed by atoms with Gasteiger partial charge in [0.15, 0.2) is 11.7 Å². The highest BCUT2D eigenvalue weighted by atomic mass is 19.1. The standard InChI is InChI=1S/C22H22F3N9O3/c1-27-19(31-18(26)20(35)36)17-15(25)11-28-21(30-17)32-4-6-33(7-5-32)22(37)34-16(2-3-29-34)12-8-13(23)10-14(24)9-12/h3,8-11,16H,2,4-7H2,1H3,(H,35,36)(H2,26,27,31). The van der Waals surface area contributed by atoms with Crippen LogP contribution in [0.1, 0.15) is 23.7 Å². The van der Waals surface area contributed by atoms with Gasteiger partial charge >= 0.3 is 12.0 Å². The lowest BCUT2D eigenvalue weighted by atomic mass is 10.0. The minimum Gasteiger partial charge on any atom is -0.475 e. The number of carboxylic acids is 1. The molecule has 0 radical (unpaired) electrons. The second-order valence-corrected chi connectivity index (χ2v) is 8.08. The Morgan fingerprint density at radius 1 is 1.14 bits per heavy atom. The van der Waals surface area contributed by atoms with Crippen molar-refractivity contribution in [2.24, 2.45) is 10.1 Å². The number of nitrogens with zero attached hydrogens (tertiary/aromatic N) is 7. The summed E-state index contributed by atoms with van der Waals surface area (Å²) in [6.07, 6.45) is 2.74. The van der Waals surface area contributed by atoms with Crippen LogP contribution in [-0.2, 0) is 4.79 Å². The fraction of sp³-hybridized carbons (Fsp3) is 0.318. The van der Waals surface area contributed by atoms with Crippen molar-refractivity contribution in [2.75, 3.05) is 38.1 Å². The van der Waals surface area contributed by atoms with Crippen molar-refractivity contribution in [1.29, 1.82) is 5.41 Å². The number of carboxylic acid groups (broad SMARTS) is 1. The highest BCUT2D eigenvalue weighted by Crippen LogP contribution is 2.30. The summed E-state index contributed by atoms with van der Waals surface area (Å²) in [5.41, 5.74) is -0.0132. The Balaban J connectivity index is 1.46. The molecule has 1 saturated heterocycles. The smallest absolute Gasteiger partial charge is 0.373 e. The van der Waals surface area contributed by atoms with Crippen molar-refractivity contribution in [3.8, 4) is 0 Å². The molecule has 0 aliphatic carbocycles. The van der Waals surface area contributed by atoms with Crippen LogP contribution in [0.25, 0.3) is 0 Å². The van der Waals surface area contributed by atoms with E-state index in [4.69, 9.17) is 10.5 Å². The minimum absolute atomic E-state index is 0.126. The maximum Gasteiger partial charge on any atom is 0.373 e. The van der Waals surface area contributed by atoms with E-state index < -0.39 is 41.3 Å². The molecule has 1 aromatic carbocycles. The van der Waals surface area contributed by atoms with Crippen molar-refractivity contribution >= 4 is 35.8 Å². The second kappa shape index (κ2) is 10.6. The van der Waals surface area contributed by atoms with Gasteiger partial charge in [0.05, 0.1) is 12.2 Å². The van der Waals surface area contributed by atoms with Crippen LogP contribution in [0, 0.1) is 22.9 Å². The topological polar surface area (TPSA) is 150 Å². The molecule has 194 valence electrons. The summed E-state index contributed by atoms with van der Waals surface area (Å²) in [6.45, 7) is 1.04. The van der Waals surface area contributed by atoms with Crippen molar-refractivity contribution in [2.45, 2.75) is 12.5 Å². The van der Waals surface area contributed by atoms with E-state index in [2.05, 4.69) is 25.4 Å². The quantitative estimate of drug-likeness (QED) is 0.413. The van der Waals surface area contributed by atoms with E-state index >= 15 is 0 Å². The summed E-state index contributed by atoms with van der Waals surface area (Å²) in [6, 6.07) is 2.04. The van der Waals surface area contributed by atoms with Gasteiger partial charge in [0.1, 0.15) is 17.3 Å². The molecule has 1 atom stereocenters. The number of hydrazone groups is 1. The third-order valence-electron chi connectivity index (χ3n) is 5.75. The van der Waals surface area contributed by atoms with Crippen LogP contribution in [-0.4, -0.2) is 88.1 Å². The first-order valence-electron chi connectivity index (χ1n) is 11.1. The number of nitrogens with one attached hydrogen (secondary N) is 2. The number of aromatic nitrogens is 2. The maximum absolute atomic E-state index is 14.4. The van der Waals surface area contributed by atoms with E-state index in [1.54, 1.807) is 4.90 Å². The van der Waals surface area contributed by atoms with Gasteiger partial charge < -0.3 is 20.2 Å². The van der Waals surface area contributed by atoms with Gasteiger partial charge in [0.2, 0.25) is 11.8 Å². The number of amides is 2. The van der Waals surface area contributed by atoms with Crippen molar-refractivity contribution in [3.63, 3.8) is 0 Å². The average Bonchev–Trinajstić information content (AvgIpc) is 3.37. The number of rotatable bonds is 3. The zero-order valence-electron chi connectivity index (χ0n) is 19.5. The Morgan fingerprint density at radius 2 is 1.81 bits per heavy atom. The Labute approximate surface area is 208 Å². The molecule has 2 aromatic rings. The van der Waals surface area contributed by atoms with Gasteiger partial charge in [-0.25, -0.2) is 42.7 Å². The van der Waals surface area contributed by atoms with E-state index in [0.717, 1.165) is 12.3 Å². The van der Waals surface area contributed by atoms with E-state index in [1.807, 2.05) is 0 Å². The molecule has 0 saturated carbocycles. The van der Waals surface area contributed by atoms with Gasteiger partial charge in [-0.1, -0.05) is 0 Å². The molecule has 1 fully saturated rings. The van der Waals surface area contributed by atoms with Crippen molar-refractivity contribution in [1.82, 2.24) is 25.2 Å². The van der Waals surface area contributed by atoms with Crippen LogP contribution >= 0.6 is 0 Å².